The minimum atomic E-state index is -1.11. The SMILES string of the molecule is CCOC(=O)c1c(C)c(C(C)=O)n(C(=O)CCC(=O)O)c1C. The minimum Gasteiger partial charge on any atom is -0.481 e. The number of ketones is 1. The third kappa shape index (κ3) is 3.41. The lowest BCUT2D eigenvalue weighted by Gasteiger charge is -2.08. The molecule has 0 saturated carbocycles. The maximum atomic E-state index is 12.2. The highest BCUT2D eigenvalue weighted by molar-refractivity contribution is 6.04. The van der Waals surface area contributed by atoms with Crippen LogP contribution in [0.1, 0.15) is 63.6 Å². The molecule has 0 bridgehead atoms. The van der Waals surface area contributed by atoms with Crippen LogP contribution in [0.25, 0.3) is 0 Å². The third-order valence-corrected chi connectivity index (χ3v) is 3.27. The Hall–Kier alpha value is -2.44. The summed E-state index contributed by atoms with van der Waals surface area (Å²) < 4.78 is 6.06. The topological polar surface area (TPSA) is 103 Å². The summed E-state index contributed by atoms with van der Waals surface area (Å²) in [5.41, 5.74) is 0.926. The van der Waals surface area contributed by atoms with Crippen LogP contribution in [0.5, 0.6) is 0 Å². The summed E-state index contributed by atoms with van der Waals surface area (Å²) in [5.74, 6) is -2.63. The second kappa shape index (κ2) is 7.02. The van der Waals surface area contributed by atoms with Crippen LogP contribution in [-0.4, -0.2) is 39.9 Å². The zero-order valence-corrected chi connectivity index (χ0v) is 13.1. The first-order chi connectivity index (χ1) is 10.2. The molecule has 0 aliphatic carbocycles. The number of nitrogens with zero attached hydrogens (tertiary/aromatic N) is 1. The van der Waals surface area contributed by atoms with Crippen molar-refractivity contribution < 1.29 is 29.0 Å². The summed E-state index contributed by atoms with van der Waals surface area (Å²) in [6, 6.07) is 0. The van der Waals surface area contributed by atoms with E-state index >= 15 is 0 Å². The Morgan fingerprint density at radius 1 is 1.14 bits per heavy atom. The fourth-order valence-electron chi connectivity index (χ4n) is 2.40. The van der Waals surface area contributed by atoms with E-state index in [9.17, 15) is 19.2 Å². The molecule has 0 aliphatic rings. The summed E-state index contributed by atoms with van der Waals surface area (Å²) in [6.07, 6.45) is -0.603. The summed E-state index contributed by atoms with van der Waals surface area (Å²) in [5, 5.41) is 8.67. The maximum Gasteiger partial charge on any atom is 0.340 e. The van der Waals surface area contributed by atoms with Crippen molar-refractivity contribution in [2.45, 2.75) is 40.5 Å². The highest BCUT2D eigenvalue weighted by Crippen LogP contribution is 2.24. The van der Waals surface area contributed by atoms with Crippen LogP contribution in [0.15, 0.2) is 0 Å². The molecule has 1 N–H and O–H groups in total. The molecule has 0 unspecified atom stereocenters. The molecule has 7 heteroatoms. The number of esters is 1. The van der Waals surface area contributed by atoms with Crippen LogP contribution >= 0.6 is 0 Å². The second-order valence-corrected chi connectivity index (χ2v) is 4.83. The highest BCUT2D eigenvalue weighted by Gasteiger charge is 2.28. The van der Waals surface area contributed by atoms with Crippen LogP contribution in [0.3, 0.4) is 0 Å². The van der Waals surface area contributed by atoms with Gasteiger partial charge in [-0.2, -0.15) is 0 Å². The van der Waals surface area contributed by atoms with Crippen molar-refractivity contribution >= 4 is 23.6 Å². The first-order valence-electron chi connectivity index (χ1n) is 6.87. The Kier molecular flexibility index (Phi) is 5.62. The molecule has 1 heterocycles. The number of carbonyl (C=O) groups is 4. The Morgan fingerprint density at radius 3 is 2.18 bits per heavy atom. The van der Waals surface area contributed by atoms with Crippen LogP contribution < -0.4 is 0 Å². The number of carbonyl (C=O) groups excluding carboxylic acids is 3. The lowest BCUT2D eigenvalue weighted by atomic mass is 10.1. The van der Waals surface area contributed by atoms with Gasteiger partial charge in [-0.05, 0) is 26.3 Å². The first kappa shape index (κ1) is 17.6. The predicted molar refractivity (Wildman–Crippen MR) is 77.4 cm³/mol. The van der Waals surface area contributed by atoms with Crippen molar-refractivity contribution in [2.24, 2.45) is 0 Å². The molecule has 0 aromatic carbocycles. The molecule has 0 atom stereocenters. The summed E-state index contributed by atoms with van der Waals surface area (Å²) in [6.45, 7) is 6.22. The van der Waals surface area contributed by atoms with Gasteiger partial charge in [-0.15, -0.1) is 0 Å². The number of aromatic nitrogens is 1. The van der Waals surface area contributed by atoms with Crippen LogP contribution in [-0.2, 0) is 9.53 Å². The number of aliphatic carboxylic acids is 1. The number of carboxylic acid groups (broad SMARTS) is 1. The van der Waals surface area contributed by atoms with Gasteiger partial charge in [-0.25, -0.2) is 4.79 Å². The Morgan fingerprint density at radius 2 is 1.73 bits per heavy atom. The van der Waals surface area contributed by atoms with Gasteiger partial charge in [0, 0.05) is 19.0 Å². The Labute approximate surface area is 127 Å². The van der Waals surface area contributed by atoms with E-state index < -0.39 is 17.8 Å². The smallest absolute Gasteiger partial charge is 0.340 e. The summed E-state index contributed by atoms with van der Waals surface area (Å²) in [7, 11) is 0. The Balaban J connectivity index is 3.40. The maximum absolute atomic E-state index is 12.2. The predicted octanol–water partition coefficient (Wildman–Crippen LogP) is 1.99. The van der Waals surface area contributed by atoms with E-state index in [0.717, 1.165) is 4.57 Å². The van der Waals surface area contributed by atoms with Crippen molar-refractivity contribution in [1.82, 2.24) is 4.57 Å². The van der Waals surface area contributed by atoms with E-state index in [1.165, 1.54) is 13.8 Å². The zero-order valence-electron chi connectivity index (χ0n) is 13.1. The molecule has 0 amide bonds. The van der Waals surface area contributed by atoms with E-state index in [1.807, 2.05) is 0 Å². The molecular weight excluding hydrogens is 290 g/mol. The van der Waals surface area contributed by atoms with Crippen LogP contribution in [0.4, 0.5) is 0 Å². The summed E-state index contributed by atoms with van der Waals surface area (Å²) in [4.78, 5) is 46.7. The quantitative estimate of drug-likeness (QED) is 0.636. The lowest BCUT2D eigenvalue weighted by Crippen LogP contribution is -2.19. The number of Topliss-reactive ketones (excluding diaryl/α,β-unsaturated/α-hetero) is 1. The largest absolute Gasteiger partial charge is 0.481 e. The van der Waals surface area contributed by atoms with Gasteiger partial charge < -0.3 is 9.84 Å². The van der Waals surface area contributed by atoms with E-state index in [2.05, 4.69) is 0 Å². The van der Waals surface area contributed by atoms with Gasteiger partial charge in [0.25, 0.3) is 0 Å². The van der Waals surface area contributed by atoms with Crippen molar-refractivity contribution in [1.29, 1.82) is 0 Å². The van der Waals surface area contributed by atoms with Crippen molar-refractivity contribution in [3.8, 4) is 0 Å². The minimum absolute atomic E-state index is 0.0935. The molecule has 0 fully saturated rings. The number of rotatable bonds is 6. The van der Waals surface area contributed by atoms with Crippen molar-refractivity contribution in [3.63, 3.8) is 0 Å². The molecule has 1 aromatic heterocycles. The average molecular weight is 309 g/mol. The van der Waals surface area contributed by atoms with Gasteiger partial charge in [-0.1, -0.05) is 0 Å². The zero-order chi connectivity index (χ0) is 17.0. The number of ether oxygens (including phenoxy) is 1. The fourth-order valence-corrected chi connectivity index (χ4v) is 2.40. The van der Waals surface area contributed by atoms with Crippen LogP contribution in [0, 0.1) is 13.8 Å². The molecule has 22 heavy (non-hydrogen) atoms. The van der Waals surface area contributed by atoms with Gasteiger partial charge in [0.1, 0.15) is 0 Å². The molecular formula is C15H19NO6. The van der Waals surface area contributed by atoms with E-state index in [-0.39, 0.29) is 42.2 Å². The second-order valence-electron chi connectivity index (χ2n) is 4.83. The molecule has 120 valence electrons. The van der Waals surface area contributed by atoms with Gasteiger partial charge in [0.05, 0.1) is 24.3 Å². The molecule has 0 aliphatic heterocycles. The lowest BCUT2D eigenvalue weighted by molar-refractivity contribution is -0.137. The van der Waals surface area contributed by atoms with Gasteiger partial charge in [0.15, 0.2) is 5.78 Å². The highest BCUT2D eigenvalue weighted by atomic mass is 16.5. The van der Waals surface area contributed by atoms with Gasteiger partial charge in [0.2, 0.25) is 5.91 Å². The molecule has 1 aromatic rings. The van der Waals surface area contributed by atoms with Gasteiger partial charge >= 0.3 is 11.9 Å². The van der Waals surface area contributed by atoms with Gasteiger partial charge in [-0.3, -0.25) is 19.0 Å². The van der Waals surface area contributed by atoms with E-state index in [4.69, 9.17) is 9.84 Å². The monoisotopic (exact) mass is 309 g/mol. The van der Waals surface area contributed by atoms with Crippen molar-refractivity contribution in [3.05, 3.63) is 22.5 Å². The van der Waals surface area contributed by atoms with E-state index in [0.29, 0.717) is 5.56 Å². The van der Waals surface area contributed by atoms with Crippen LogP contribution in [0.2, 0.25) is 0 Å². The normalized spacial score (nSPS) is 10.4. The third-order valence-electron chi connectivity index (χ3n) is 3.27. The molecule has 7 nitrogen and oxygen atoms in total. The molecule has 0 spiro atoms. The Bertz CT molecular complexity index is 641. The fraction of sp³-hybridized carbons (Fsp3) is 0.467. The molecule has 1 rings (SSSR count). The standard InChI is InChI=1S/C15H19NO6/c1-5-22-15(21)13-8(2)14(10(4)17)16(9(13)3)11(18)6-7-12(19)20/h5-7H2,1-4H3,(H,19,20). The first-order valence-corrected chi connectivity index (χ1v) is 6.87. The molecule has 0 radical (unpaired) electrons. The summed E-state index contributed by atoms with van der Waals surface area (Å²) >= 11 is 0. The average Bonchev–Trinajstić information content (AvgIpc) is 2.67. The van der Waals surface area contributed by atoms with E-state index in [1.54, 1.807) is 13.8 Å². The number of carboxylic acids is 1. The number of hydrogen-bond acceptors (Lipinski definition) is 5. The number of hydrogen-bond donors (Lipinski definition) is 1. The van der Waals surface area contributed by atoms with Crippen molar-refractivity contribution in [2.75, 3.05) is 6.61 Å². The molecule has 0 saturated heterocycles.